The Balaban J connectivity index is 1.66. The van der Waals surface area contributed by atoms with Crippen molar-refractivity contribution in [2.75, 3.05) is 46.4 Å². The Bertz CT molecular complexity index is 732. The van der Waals surface area contributed by atoms with E-state index in [2.05, 4.69) is 5.32 Å². The molecule has 1 N–H and O–H groups in total. The lowest BCUT2D eigenvalue weighted by atomic mass is 9.97. The summed E-state index contributed by atoms with van der Waals surface area (Å²) in [6, 6.07) is 8.89. The molecule has 1 aromatic carbocycles. The van der Waals surface area contributed by atoms with Crippen molar-refractivity contribution >= 4 is 23.7 Å². The third-order valence-electron chi connectivity index (χ3n) is 4.82. The van der Waals surface area contributed by atoms with Crippen molar-refractivity contribution < 1.29 is 28.7 Å². The SMILES string of the molecule is CCOC(=O)C1CCN(C(=O)CN(C)C(=O)CNC(=O)COc2ccccc2)CC1. The third-order valence-corrected chi connectivity index (χ3v) is 4.82. The number of carbonyl (C=O) groups excluding carboxylic acids is 4. The fraction of sp³-hybridized carbons (Fsp3) is 0.524. The molecule has 1 aliphatic heterocycles. The number of piperidine rings is 1. The topological polar surface area (TPSA) is 105 Å². The summed E-state index contributed by atoms with van der Waals surface area (Å²) in [7, 11) is 1.51. The summed E-state index contributed by atoms with van der Waals surface area (Å²) < 4.78 is 10.3. The Morgan fingerprint density at radius 2 is 1.80 bits per heavy atom. The summed E-state index contributed by atoms with van der Waals surface area (Å²) in [5, 5.41) is 2.49. The van der Waals surface area contributed by atoms with E-state index in [4.69, 9.17) is 9.47 Å². The second kappa shape index (κ2) is 11.8. The number of rotatable bonds is 9. The first-order valence-corrected chi connectivity index (χ1v) is 10.0. The third kappa shape index (κ3) is 7.38. The minimum Gasteiger partial charge on any atom is -0.484 e. The second-order valence-electron chi connectivity index (χ2n) is 7.04. The van der Waals surface area contributed by atoms with Crippen LogP contribution in [0.5, 0.6) is 5.75 Å². The highest BCUT2D eigenvalue weighted by molar-refractivity contribution is 5.88. The van der Waals surface area contributed by atoms with Crippen molar-refractivity contribution in [2.45, 2.75) is 19.8 Å². The number of esters is 1. The molecule has 0 unspecified atom stereocenters. The Morgan fingerprint density at radius 1 is 1.13 bits per heavy atom. The summed E-state index contributed by atoms with van der Waals surface area (Å²) >= 11 is 0. The smallest absolute Gasteiger partial charge is 0.309 e. The van der Waals surface area contributed by atoms with Gasteiger partial charge in [-0.05, 0) is 31.9 Å². The van der Waals surface area contributed by atoms with Crippen molar-refractivity contribution in [1.82, 2.24) is 15.1 Å². The molecular formula is C21H29N3O6. The number of likely N-dealkylation sites (N-methyl/N-ethyl adjacent to an activating group) is 1. The maximum Gasteiger partial charge on any atom is 0.309 e. The molecule has 1 saturated heterocycles. The van der Waals surface area contributed by atoms with E-state index in [0.29, 0.717) is 38.3 Å². The number of likely N-dealkylation sites (tertiary alicyclic amines) is 1. The van der Waals surface area contributed by atoms with Gasteiger partial charge >= 0.3 is 5.97 Å². The first-order valence-electron chi connectivity index (χ1n) is 10.0. The summed E-state index contributed by atoms with van der Waals surface area (Å²) in [5.74, 6) is -0.823. The van der Waals surface area contributed by atoms with Gasteiger partial charge in [0.2, 0.25) is 11.8 Å². The Hall–Kier alpha value is -3.10. The number of amides is 3. The molecule has 0 spiro atoms. The van der Waals surface area contributed by atoms with E-state index in [9.17, 15) is 19.2 Å². The standard InChI is InChI=1S/C21H29N3O6/c1-3-29-21(28)16-9-11-24(12-10-16)20(27)14-23(2)19(26)13-22-18(25)15-30-17-7-5-4-6-8-17/h4-8,16H,3,9-15H2,1-2H3,(H,22,25). The molecule has 1 aliphatic rings. The highest BCUT2D eigenvalue weighted by atomic mass is 16.5. The number of nitrogens with zero attached hydrogens (tertiary/aromatic N) is 2. The molecule has 0 radical (unpaired) electrons. The minimum absolute atomic E-state index is 0.0840. The predicted octanol–water partition coefficient (Wildman–Crippen LogP) is 0.442. The monoisotopic (exact) mass is 419 g/mol. The Kier molecular flexibility index (Phi) is 9.11. The molecule has 0 atom stereocenters. The number of carbonyl (C=O) groups is 4. The Morgan fingerprint density at radius 3 is 2.43 bits per heavy atom. The highest BCUT2D eigenvalue weighted by Gasteiger charge is 2.28. The van der Waals surface area contributed by atoms with Crippen LogP contribution in [0.2, 0.25) is 0 Å². The molecule has 2 rings (SSSR count). The lowest BCUT2D eigenvalue weighted by Gasteiger charge is -2.32. The van der Waals surface area contributed by atoms with Gasteiger partial charge in [0, 0.05) is 20.1 Å². The number of nitrogens with one attached hydrogen (secondary N) is 1. The molecule has 0 bridgehead atoms. The van der Waals surface area contributed by atoms with Crippen LogP contribution in [0.1, 0.15) is 19.8 Å². The fourth-order valence-electron chi connectivity index (χ4n) is 3.04. The van der Waals surface area contributed by atoms with Crippen LogP contribution in [0, 0.1) is 5.92 Å². The van der Waals surface area contributed by atoms with Crippen LogP contribution < -0.4 is 10.1 Å². The zero-order chi connectivity index (χ0) is 21.9. The summed E-state index contributed by atoms with van der Waals surface area (Å²) in [4.78, 5) is 51.1. The average Bonchev–Trinajstić information content (AvgIpc) is 2.76. The van der Waals surface area contributed by atoms with Crippen LogP contribution in [0.15, 0.2) is 30.3 Å². The molecule has 1 heterocycles. The molecule has 9 nitrogen and oxygen atoms in total. The van der Waals surface area contributed by atoms with Gasteiger partial charge in [-0.1, -0.05) is 18.2 Å². The molecule has 0 aromatic heterocycles. The van der Waals surface area contributed by atoms with E-state index in [1.807, 2.05) is 6.07 Å². The largest absolute Gasteiger partial charge is 0.484 e. The van der Waals surface area contributed by atoms with Crippen molar-refractivity contribution in [3.63, 3.8) is 0 Å². The normalized spacial score (nSPS) is 14.0. The van der Waals surface area contributed by atoms with Crippen molar-refractivity contribution in [3.05, 3.63) is 30.3 Å². The number of benzene rings is 1. The molecule has 164 valence electrons. The van der Waals surface area contributed by atoms with E-state index >= 15 is 0 Å². The van der Waals surface area contributed by atoms with Gasteiger partial charge in [0.15, 0.2) is 6.61 Å². The zero-order valence-corrected chi connectivity index (χ0v) is 17.5. The van der Waals surface area contributed by atoms with Crippen LogP contribution in [0.4, 0.5) is 0 Å². The second-order valence-corrected chi connectivity index (χ2v) is 7.04. The lowest BCUT2D eigenvalue weighted by Crippen LogP contribution is -2.47. The molecule has 0 saturated carbocycles. The quantitative estimate of drug-likeness (QED) is 0.583. The maximum absolute atomic E-state index is 12.4. The first kappa shape index (κ1) is 23.2. The average molecular weight is 419 g/mol. The van der Waals surface area contributed by atoms with Crippen molar-refractivity contribution in [2.24, 2.45) is 5.92 Å². The van der Waals surface area contributed by atoms with E-state index < -0.39 is 5.91 Å². The van der Waals surface area contributed by atoms with E-state index in [1.165, 1.54) is 11.9 Å². The summed E-state index contributed by atoms with van der Waals surface area (Å²) in [5.41, 5.74) is 0. The number of hydrogen-bond acceptors (Lipinski definition) is 6. The fourth-order valence-corrected chi connectivity index (χ4v) is 3.04. The molecule has 30 heavy (non-hydrogen) atoms. The van der Waals surface area contributed by atoms with E-state index in [1.54, 1.807) is 36.1 Å². The van der Waals surface area contributed by atoms with Gasteiger partial charge in [0.05, 0.1) is 25.6 Å². The molecule has 3 amide bonds. The van der Waals surface area contributed by atoms with Crippen LogP contribution in [-0.4, -0.2) is 79.9 Å². The summed E-state index contributed by atoms with van der Waals surface area (Å²) in [6.45, 7) is 2.53. The zero-order valence-electron chi connectivity index (χ0n) is 17.5. The van der Waals surface area contributed by atoms with Gasteiger partial charge in [-0.25, -0.2) is 0 Å². The summed E-state index contributed by atoms with van der Waals surface area (Å²) in [6.07, 6.45) is 1.11. The van der Waals surface area contributed by atoms with Gasteiger partial charge in [0.25, 0.3) is 5.91 Å². The molecule has 1 aromatic rings. The van der Waals surface area contributed by atoms with Crippen LogP contribution in [0.25, 0.3) is 0 Å². The van der Waals surface area contributed by atoms with E-state index in [-0.39, 0.29) is 43.4 Å². The van der Waals surface area contributed by atoms with Gasteiger partial charge in [-0.15, -0.1) is 0 Å². The van der Waals surface area contributed by atoms with Crippen molar-refractivity contribution in [1.29, 1.82) is 0 Å². The van der Waals surface area contributed by atoms with Crippen LogP contribution in [-0.2, 0) is 23.9 Å². The van der Waals surface area contributed by atoms with Gasteiger partial charge in [-0.3, -0.25) is 19.2 Å². The highest BCUT2D eigenvalue weighted by Crippen LogP contribution is 2.18. The molecular weight excluding hydrogens is 390 g/mol. The molecule has 9 heteroatoms. The lowest BCUT2D eigenvalue weighted by molar-refractivity contribution is -0.151. The number of ether oxygens (including phenoxy) is 2. The van der Waals surface area contributed by atoms with Crippen molar-refractivity contribution in [3.8, 4) is 5.75 Å². The number of para-hydroxylation sites is 1. The van der Waals surface area contributed by atoms with Gasteiger partial charge in [-0.2, -0.15) is 0 Å². The van der Waals surface area contributed by atoms with Crippen LogP contribution >= 0.6 is 0 Å². The maximum atomic E-state index is 12.4. The molecule has 1 fully saturated rings. The first-order chi connectivity index (χ1) is 14.4. The number of hydrogen-bond donors (Lipinski definition) is 1. The Labute approximate surface area is 176 Å². The predicted molar refractivity (Wildman–Crippen MR) is 109 cm³/mol. The van der Waals surface area contributed by atoms with Crippen LogP contribution in [0.3, 0.4) is 0 Å². The van der Waals surface area contributed by atoms with Gasteiger partial charge in [0.1, 0.15) is 5.75 Å². The molecule has 0 aliphatic carbocycles. The minimum atomic E-state index is -0.423. The van der Waals surface area contributed by atoms with Gasteiger partial charge < -0.3 is 24.6 Å². The van der Waals surface area contributed by atoms with E-state index in [0.717, 1.165) is 0 Å².